The van der Waals surface area contributed by atoms with Crippen LogP contribution >= 0.6 is 0 Å². The van der Waals surface area contributed by atoms with Crippen molar-refractivity contribution in [3.63, 3.8) is 0 Å². The van der Waals surface area contributed by atoms with E-state index in [4.69, 9.17) is 0 Å². The fourth-order valence-corrected chi connectivity index (χ4v) is 4.72. The van der Waals surface area contributed by atoms with Gasteiger partial charge in [0.1, 0.15) is 6.04 Å². The van der Waals surface area contributed by atoms with Crippen LogP contribution in [0.5, 0.6) is 0 Å². The van der Waals surface area contributed by atoms with Gasteiger partial charge in [-0.1, -0.05) is 6.07 Å². The Balaban J connectivity index is 1.80. The molecule has 0 aliphatic carbocycles. The average Bonchev–Trinajstić information content (AvgIpc) is 3.29. The number of likely N-dealkylation sites (N-methyl/N-ethyl adjacent to an activating group) is 1. The highest BCUT2D eigenvalue weighted by molar-refractivity contribution is 7.89. The molecule has 0 bridgehead atoms. The zero-order valence-electron chi connectivity index (χ0n) is 16.2. The Bertz CT molecular complexity index is 1050. The second kappa shape index (κ2) is 8.88. The van der Waals surface area contributed by atoms with Crippen LogP contribution in [0.25, 0.3) is 0 Å². The van der Waals surface area contributed by atoms with Crippen molar-refractivity contribution in [2.24, 2.45) is 0 Å². The second-order valence-electron chi connectivity index (χ2n) is 6.83. The maximum atomic E-state index is 13.6. The first kappa shape index (κ1) is 21.8. The van der Waals surface area contributed by atoms with Gasteiger partial charge in [-0.15, -0.1) is 0 Å². The second-order valence-corrected chi connectivity index (χ2v) is 8.77. The van der Waals surface area contributed by atoms with E-state index in [1.54, 1.807) is 0 Å². The van der Waals surface area contributed by atoms with Gasteiger partial charge in [0, 0.05) is 25.7 Å². The molecule has 7 nitrogen and oxygen atoms in total. The minimum absolute atomic E-state index is 0.0647. The lowest BCUT2D eigenvalue weighted by Gasteiger charge is -2.18. The zero-order valence-corrected chi connectivity index (χ0v) is 17.0. The van der Waals surface area contributed by atoms with E-state index >= 15 is 0 Å². The van der Waals surface area contributed by atoms with Gasteiger partial charge >= 0.3 is 0 Å². The zero-order chi connectivity index (χ0) is 21.9. The lowest BCUT2D eigenvalue weighted by atomic mass is 10.0. The van der Waals surface area contributed by atoms with Gasteiger partial charge in [-0.25, -0.2) is 17.2 Å². The number of halogens is 2. The van der Waals surface area contributed by atoms with Crippen LogP contribution < -0.4 is 10.6 Å². The van der Waals surface area contributed by atoms with Gasteiger partial charge in [0.2, 0.25) is 15.9 Å². The quantitative estimate of drug-likeness (QED) is 0.722. The van der Waals surface area contributed by atoms with Crippen molar-refractivity contribution in [1.82, 2.24) is 14.9 Å². The molecule has 0 radical (unpaired) electrons. The van der Waals surface area contributed by atoms with Gasteiger partial charge in [-0.05, 0) is 54.8 Å². The van der Waals surface area contributed by atoms with E-state index in [2.05, 4.69) is 10.6 Å². The standard InChI is InChI=1S/C20H21F2N3O4S/c1-23-20(27)18(14-6-9-16(21)17(22)12-14)24-19(26)13-4-7-15(8-5-13)30(28,29)25-10-2-3-11-25/h4-9,12,18H,2-3,10-11H2,1H3,(H,23,27)(H,24,26). The molecule has 10 heteroatoms. The Hall–Kier alpha value is -2.85. The van der Waals surface area contributed by atoms with Gasteiger partial charge in [0.05, 0.1) is 4.90 Å². The maximum Gasteiger partial charge on any atom is 0.252 e. The molecule has 0 saturated carbocycles. The number of carbonyl (C=O) groups is 2. The molecular formula is C20H21F2N3O4S. The van der Waals surface area contributed by atoms with Crippen molar-refractivity contribution >= 4 is 21.8 Å². The molecule has 1 unspecified atom stereocenters. The fraction of sp³-hybridized carbons (Fsp3) is 0.300. The number of sulfonamides is 1. The van der Waals surface area contributed by atoms with Crippen molar-refractivity contribution in [3.05, 3.63) is 65.2 Å². The molecule has 2 aromatic rings. The Kier molecular flexibility index (Phi) is 6.47. The molecule has 3 rings (SSSR count). The van der Waals surface area contributed by atoms with E-state index < -0.39 is 39.5 Å². The van der Waals surface area contributed by atoms with E-state index in [0.717, 1.165) is 25.0 Å². The van der Waals surface area contributed by atoms with Crippen molar-refractivity contribution < 1.29 is 26.8 Å². The third-order valence-corrected chi connectivity index (χ3v) is 6.79. The van der Waals surface area contributed by atoms with Crippen LogP contribution in [0.4, 0.5) is 8.78 Å². The topological polar surface area (TPSA) is 95.6 Å². The largest absolute Gasteiger partial charge is 0.357 e. The van der Waals surface area contributed by atoms with E-state index in [1.165, 1.54) is 41.7 Å². The number of hydrogen-bond acceptors (Lipinski definition) is 4. The van der Waals surface area contributed by atoms with Crippen molar-refractivity contribution in [2.75, 3.05) is 20.1 Å². The molecule has 2 aromatic carbocycles. The minimum Gasteiger partial charge on any atom is -0.357 e. The maximum absolute atomic E-state index is 13.6. The summed E-state index contributed by atoms with van der Waals surface area (Å²) >= 11 is 0. The number of carbonyl (C=O) groups excluding carboxylic acids is 2. The number of rotatable bonds is 6. The predicted molar refractivity (Wildman–Crippen MR) is 105 cm³/mol. The van der Waals surface area contributed by atoms with Crippen LogP contribution in [0, 0.1) is 11.6 Å². The number of benzene rings is 2. The first-order valence-corrected chi connectivity index (χ1v) is 10.8. The normalized spacial score (nSPS) is 15.6. The average molecular weight is 437 g/mol. The number of nitrogens with zero attached hydrogens (tertiary/aromatic N) is 1. The Morgan fingerprint density at radius 1 is 1.00 bits per heavy atom. The summed E-state index contributed by atoms with van der Waals surface area (Å²) in [6.45, 7) is 0.930. The molecule has 2 amide bonds. The molecular weight excluding hydrogens is 416 g/mol. The van der Waals surface area contributed by atoms with Crippen LogP contribution in [0.15, 0.2) is 47.4 Å². The molecule has 1 aliphatic rings. The van der Waals surface area contributed by atoms with Crippen molar-refractivity contribution in [1.29, 1.82) is 0 Å². The first-order valence-electron chi connectivity index (χ1n) is 9.31. The summed E-state index contributed by atoms with van der Waals surface area (Å²) in [6.07, 6.45) is 1.62. The predicted octanol–water partition coefficient (Wildman–Crippen LogP) is 1.97. The molecule has 0 spiro atoms. The lowest BCUT2D eigenvalue weighted by Crippen LogP contribution is -2.39. The summed E-state index contributed by atoms with van der Waals surface area (Å²) in [4.78, 5) is 24.9. The smallest absolute Gasteiger partial charge is 0.252 e. The van der Waals surface area contributed by atoms with E-state index in [0.29, 0.717) is 13.1 Å². The van der Waals surface area contributed by atoms with E-state index in [1.807, 2.05) is 0 Å². The highest BCUT2D eigenvalue weighted by Gasteiger charge is 2.28. The Morgan fingerprint density at radius 2 is 1.63 bits per heavy atom. The number of amides is 2. The number of hydrogen-bond donors (Lipinski definition) is 2. The summed E-state index contributed by atoms with van der Waals surface area (Å²) in [7, 11) is -2.27. The summed E-state index contributed by atoms with van der Waals surface area (Å²) in [6, 6.07) is 6.97. The van der Waals surface area contributed by atoms with E-state index in [9.17, 15) is 26.8 Å². The van der Waals surface area contributed by atoms with Crippen LogP contribution in [0.2, 0.25) is 0 Å². The van der Waals surface area contributed by atoms with E-state index in [-0.39, 0.29) is 16.0 Å². The molecule has 30 heavy (non-hydrogen) atoms. The highest BCUT2D eigenvalue weighted by Crippen LogP contribution is 2.22. The Labute approximate surface area is 173 Å². The van der Waals surface area contributed by atoms with Crippen LogP contribution in [-0.2, 0) is 14.8 Å². The monoisotopic (exact) mass is 437 g/mol. The molecule has 160 valence electrons. The Morgan fingerprint density at radius 3 is 2.20 bits per heavy atom. The highest BCUT2D eigenvalue weighted by atomic mass is 32.2. The molecule has 1 heterocycles. The summed E-state index contributed by atoms with van der Waals surface area (Å²) < 4.78 is 53.3. The minimum atomic E-state index is -3.61. The van der Waals surface area contributed by atoms with Crippen LogP contribution in [0.3, 0.4) is 0 Å². The first-order chi connectivity index (χ1) is 14.2. The summed E-state index contributed by atoms with van der Waals surface area (Å²) in [5, 5.41) is 4.82. The van der Waals surface area contributed by atoms with Gasteiger partial charge in [0.15, 0.2) is 11.6 Å². The molecule has 1 atom stereocenters. The SMILES string of the molecule is CNC(=O)C(NC(=O)c1ccc(S(=O)(=O)N2CCCC2)cc1)c1ccc(F)c(F)c1. The third-order valence-electron chi connectivity index (χ3n) is 4.88. The molecule has 2 N–H and O–H groups in total. The summed E-state index contributed by atoms with van der Waals surface area (Å²) in [5.74, 6) is -3.51. The molecule has 0 aromatic heterocycles. The van der Waals surface area contributed by atoms with Crippen LogP contribution in [0.1, 0.15) is 34.8 Å². The molecule has 1 fully saturated rings. The van der Waals surface area contributed by atoms with Gasteiger partial charge in [0.25, 0.3) is 5.91 Å². The van der Waals surface area contributed by atoms with Gasteiger partial charge < -0.3 is 10.6 Å². The summed E-state index contributed by atoms with van der Waals surface area (Å²) in [5.41, 5.74) is 0.182. The molecule has 1 aliphatic heterocycles. The lowest BCUT2D eigenvalue weighted by molar-refractivity contribution is -0.122. The fourth-order valence-electron chi connectivity index (χ4n) is 3.21. The van der Waals surface area contributed by atoms with Gasteiger partial charge in [-0.2, -0.15) is 4.31 Å². The third kappa shape index (κ3) is 4.49. The number of nitrogens with one attached hydrogen (secondary N) is 2. The van der Waals surface area contributed by atoms with Crippen molar-refractivity contribution in [2.45, 2.75) is 23.8 Å². The molecule has 1 saturated heterocycles. The van der Waals surface area contributed by atoms with Crippen LogP contribution in [-0.4, -0.2) is 44.7 Å². The van der Waals surface area contributed by atoms with Gasteiger partial charge in [-0.3, -0.25) is 9.59 Å². The van der Waals surface area contributed by atoms with Crippen molar-refractivity contribution in [3.8, 4) is 0 Å².